The van der Waals surface area contributed by atoms with Crippen molar-refractivity contribution < 1.29 is 18.4 Å². The fourth-order valence-corrected chi connectivity index (χ4v) is 5.75. The molecule has 0 bridgehead atoms. The van der Waals surface area contributed by atoms with Crippen LogP contribution in [0.5, 0.6) is 5.75 Å². The molecule has 0 radical (unpaired) electrons. The van der Waals surface area contributed by atoms with E-state index in [-0.39, 0.29) is 5.75 Å². The normalized spacial score (nSPS) is 12.0. The molecule has 0 aliphatic rings. The summed E-state index contributed by atoms with van der Waals surface area (Å²) in [4.78, 5) is 0. The number of rotatable bonds is 7. The van der Waals surface area contributed by atoms with Gasteiger partial charge in [-0.2, -0.15) is 0 Å². The molecule has 30 heavy (non-hydrogen) atoms. The summed E-state index contributed by atoms with van der Waals surface area (Å²) in [5.41, 5.74) is 3.11. The van der Waals surface area contributed by atoms with E-state index in [1.165, 1.54) is 27.1 Å². The Hall–Kier alpha value is -2.70. The maximum absolute atomic E-state index is 10.6. The molecular formula is C25H26O4Si. The van der Waals surface area contributed by atoms with Crippen molar-refractivity contribution in [1.29, 1.82) is 0 Å². The fraction of sp³-hybridized carbons (Fsp3) is 0.200. The van der Waals surface area contributed by atoms with E-state index in [2.05, 4.69) is 54.6 Å². The van der Waals surface area contributed by atoms with Crippen LogP contribution in [0.25, 0.3) is 21.5 Å². The van der Waals surface area contributed by atoms with Crippen molar-refractivity contribution >= 4 is 30.3 Å². The molecule has 4 aromatic rings. The van der Waals surface area contributed by atoms with Gasteiger partial charge in [0.05, 0.1) is 0 Å². The van der Waals surface area contributed by atoms with Crippen molar-refractivity contribution in [2.45, 2.75) is 12.5 Å². The van der Waals surface area contributed by atoms with Gasteiger partial charge in [0.25, 0.3) is 0 Å². The average molecular weight is 419 g/mol. The molecule has 4 aromatic carbocycles. The molecule has 154 valence electrons. The van der Waals surface area contributed by atoms with Crippen molar-refractivity contribution in [3.63, 3.8) is 0 Å². The van der Waals surface area contributed by atoms with E-state index in [0.29, 0.717) is 12.5 Å². The predicted molar refractivity (Wildman–Crippen MR) is 123 cm³/mol. The molecule has 0 saturated heterocycles. The molecule has 0 spiro atoms. The molecule has 4 rings (SSSR count). The van der Waals surface area contributed by atoms with Gasteiger partial charge in [0, 0.05) is 33.8 Å². The van der Waals surface area contributed by atoms with Crippen molar-refractivity contribution in [3.8, 4) is 5.75 Å². The van der Waals surface area contributed by atoms with E-state index in [0.717, 1.165) is 11.1 Å². The molecule has 0 aliphatic heterocycles. The van der Waals surface area contributed by atoms with Crippen LogP contribution in [0.1, 0.15) is 16.7 Å². The first-order valence-corrected chi connectivity index (χ1v) is 11.9. The fourth-order valence-electron chi connectivity index (χ4n) is 4.10. The van der Waals surface area contributed by atoms with Gasteiger partial charge < -0.3 is 18.4 Å². The summed E-state index contributed by atoms with van der Waals surface area (Å²) in [7, 11) is 2.08. The smallest absolute Gasteiger partial charge is 0.504 e. The number of fused-ring (bicyclic) bond motifs is 2. The van der Waals surface area contributed by atoms with Gasteiger partial charge in [0.1, 0.15) is 5.75 Å². The van der Waals surface area contributed by atoms with E-state index in [9.17, 15) is 5.11 Å². The molecule has 0 atom stereocenters. The summed E-state index contributed by atoms with van der Waals surface area (Å²) in [6, 6.07) is 25.3. The molecule has 1 N–H and O–H groups in total. The van der Waals surface area contributed by atoms with Crippen LogP contribution in [0.2, 0.25) is 0 Å². The van der Waals surface area contributed by atoms with Crippen LogP contribution in [-0.2, 0) is 25.7 Å². The van der Waals surface area contributed by atoms with Crippen LogP contribution in [-0.4, -0.2) is 35.2 Å². The lowest BCUT2D eigenvalue weighted by molar-refractivity contribution is 0.122. The first-order chi connectivity index (χ1) is 14.6. The molecule has 0 aromatic heterocycles. The molecule has 0 saturated carbocycles. The first kappa shape index (κ1) is 20.6. The standard InChI is InChI=1S/C25H26O4Si/c1-27-30(28-2,29-3)17-18-12-13-25(26)21(14-18)16-24-22-10-6-4-8-19(22)15-20-9-5-7-11-23(20)24/h4-15,26H,16-17H2,1-3H3. The predicted octanol–water partition coefficient (Wildman–Crippen LogP) is 5.25. The lowest BCUT2D eigenvalue weighted by Crippen LogP contribution is -2.45. The van der Waals surface area contributed by atoms with E-state index >= 15 is 0 Å². The Morgan fingerprint density at radius 1 is 0.733 bits per heavy atom. The third kappa shape index (κ3) is 3.85. The Morgan fingerprint density at radius 2 is 1.30 bits per heavy atom. The second-order valence-electron chi connectivity index (χ2n) is 7.41. The minimum absolute atomic E-state index is 0.287. The van der Waals surface area contributed by atoms with Crippen molar-refractivity contribution in [2.24, 2.45) is 0 Å². The Bertz CT molecular complexity index is 1120. The minimum atomic E-state index is -2.76. The number of hydrogen-bond donors (Lipinski definition) is 1. The SMILES string of the molecule is CO[Si](Cc1ccc(O)c(Cc2c3ccccc3cc3ccccc23)c1)(OC)OC. The van der Waals surface area contributed by atoms with Gasteiger partial charge >= 0.3 is 8.80 Å². The van der Waals surface area contributed by atoms with Crippen molar-refractivity contribution in [1.82, 2.24) is 0 Å². The Balaban J connectivity index is 1.80. The highest BCUT2D eigenvalue weighted by Gasteiger charge is 2.38. The van der Waals surface area contributed by atoms with Gasteiger partial charge in [0.2, 0.25) is 0 Å². The molecule has 0 fully saturated rings. The highest BCUT2D eigenvalue weighted by molar-refractivity contribution is 6.60. The zero-order chi connectivity index (χ0) is 21.1. The second-order valence-corrected chi connectivity index (χ2v) is 10.4. The van der Waals surface area contributed by atoms with E-state index in [4.69, 9.17) is 13.3 Å². The van der Waals surface area contributed by atoms with Gasteiger partial charge in [-0.3, -0.25) is 0 Å². The number of hydrogen-bond acceptors (Lipinski definition) is 4. The molecule has 0 heterocycles. The lowest BCUT2D eigenvalue weighted by Gasteiger charge is -2.24. The Labute approximate surface area is 178 Å². The molecule has 4 nitrogen and oxygen atoms in total. The third-order valence-corrected chi connectivity index (χ3v) is 8.45. The molecule has 0 amide bonds. The zero-order valence-corrected chi connectivity index (χ0v) is 18.5. The Kier molecular flexibility index (Phi) is 5.88. The van der Waals surface area contributed by atoms with Crippen LogP contribution in [0.4, 0.5) is 0 Å². The van der Waals surface area contributed by atoms with Gasteiger partial charge in [-0.15, -0.1) is 0 Å². The minimum Gasteiger partial charge on any atom is -0.508 e. The van der Waals surface area contributed by atoms with Crippen LogP contribution < -0.4 is 0 Å². The topological polar surface area (TPSA) is 47.9 Å². The summed E-state index contributed by atoms with van der Waals surface area (Å²) < 4.78 is 16.7. The van der Waals surface area contributed by atoms with Crippen molar-refractivity contribution in [2.75, 3.05) is 21.3 Å². The summed E-state index contributed by atoms with van der Waals surface area (Å²) in [5, 5.41) is 15.4. The van der Waals surface area contributed by atoms with Crippen LogP contribution in [0, 0.1) is 0 Å². The maximum Gasteiger partial charge on any atom is 0.504 e. The van der Waals surface area contributed by atoms with E-state index in [1.807, 2.05) is 12.1 Å². The number of phenolic OH excluding ortho intramolecular Hbond substituents is 1. The van der Waals surface area contributed by atoms with Crippen LogP contribution in [0.15, 0.2) is 72.8 Å². The van der Waals surface area contributed by atoms with Gasteiger partial charge in [-0.1, -0.05) is 60.7 Å². The molecular weight excluding hydrogens is 392 g/mol. The van der Waals surface area contributed by atoms with Crippen molar-refractivity contribution in [3.05, 3.63) is 89.5 Å². The van der Waals surface area contributed by atoms with Crippen LogP contribution >= 0.6 is 0 Å². The van der Waals surface area contributed by atoms with Gasteiger partial charge in [-0.25, -0.2) is 0 Å². The summed E-state index contributed by atoms with van der Waals surface area (Å²) in [6.45, 7) is 0. The van der Waals surface area contributed by atoms with Gasteiger partial charge in [-0.05, 0) is 50.4 Å². The highest BCUT2D eigenvalue weighted by Crippen LogP contribution is 2.33. The van der Waals surface area contributed by atoms with E-state index in [1.54, 1.807) is 27.4 Å². The highest BCUT2D eigenvalue weighted by atomic mass is 28.4. The largest absolute Gasteiger partial charge is 0.508 e. The number of benzene rings is 4. The monoisotopic (exact) mass is 418 g/mol. The number of phenols is 1. The Morgan fingerprint density at radius 3 is 1.87 bits per heavy atom. The second kappa shape index (κ2) is 8.58. The maximum atomic E-state index is 10.6. The quantitative estimate of drug-likeness (QED) is 0.329. The molecule has 0 unspecified atom stereocenters. The lowest BCUT2D eigenvalue weighted by atomic mass is 9.92. The first-order valence-electron chi connectivity index (χ1n) is 9.95. The summed E-state index contributed by atoms with van der Waals surface area (Å²) in [5.74, 6) is 0.287. The number of aromatic hydroxyl groups is 1. The van der Waals surface area contributed by atoms with Crippen LogP contribution in [0.3, 0.4) is 0 Å². The summed E-state index contributed by atoms with van der Waals surface area (Å²) >= 11 is 0. The molecule has 5 heteroatoms. The average Bonchev–Trinajstić information content (AvgIpc) is 2.79. The zero-order valence-electron chi connectivity index (χ0n) is 17.5. The summed E-state index contributed by atoms with van der Waals surface area (Å²) in [6.07, 6.45) is 0.628. The third-order valence-electron chi connectivity index (χ3n) is 5.75. The van der Waals surface area contributed by atoms with E-state index < -0.39 is 8.80 Å². The molecule has 0 aliphatic carbocycles. The van der Waals surface area contributed by atoms with Gasteiger partial charge in [0.15, 0.2) is 0 Å².